The van der Waals surface area contributed by atoms with E-state index in [-0.39, 0.29) is 5.54 Å². The molecule has 0 atom stereocenters. The molecule has 4 heteroatoms. The van der Waals surface area contributed by atoms with E-state index in [9.17, 15) is 0 Å². The van der Waals surface area contributed by atoms with Crippen LogP contribution in [0.4, 0.5) is 0 Å². The standard InChI is InChI=1S/C23H28N2OS/c1-17-21(25-22(27-17)19-8-6-5-7-9-19)14-15-26-20-12-10-18(11-13-20)16-24-23(2,3)4/h5-13,24H,14-16H2,1-4H3. The summed E-state index contributed by atoms with van der Waals surface area (Å²) in [5, 5.41) is 4.58. The van der Waals surface area contributed by atoms with Crippen molar-refractivity contribution in [2.24, 2.45) is 0 Å². The molecule has 3 aromatic rings. The number of rotatable bonds is 7. The van der Waals surface area contributed by atoms with Crippen molar-refractivity contribution < 1.29 is 4.74 Å². The molecule has 1 aromatic heterocycles. The number of aryl methyl sites for hydroxylation is 1. The van der Waals surface area contributed by atoms with E-state index in [4.69, 9.17) is 9.72 Å². The van der Waals surface area contributed by atoms with Crippen LogP contribution in [0, 0.1) is 6.92 Å². The molecule has 0 amide bonds. The quantitative estimate of drug-likeness (QED) is 0.577. The Hall–Kier alpha value is -2.17. The fourth-order valence-electron chi connectivity index (χ4n) is 2.70. The van der Waals surface area contributed by atoms with E-state index >= 15 is 0 Å². The van der Waals surface area contributed by atoms with Crippen LogP contribution in [-0.2, 0) is 13.0 Å². The van der Waals surface area contributed by atoms with Gasteiger partial charge in [0, 0.05) is 28.9 Å². The minimum absolute atomic E-state index is 0.124. The van der Waals surface area contributed by atoms with Crippen LogP contribution in [0.5, 0.6) is 5.75 Å². The first-order valence-corrected chi connectivity index (χ1v) is 10.2. The monoisotopic (exact) mass is 380 g/mol. The van der Waals surface area contributed by atoms with Crippen LogP contribution in [0.1, 0.15) is 36.9 Å². The van der Waals surface area contributed by atoms with Crippen molar-refractivity contribution in [1.82, 2.24) is 10.3 Å². The van der Waals surface area contributed by atoms with E-state index in [1.807, 2.05) is 18.2 Å². The van der Waals surface area contributed by atoms with E-state index in [0.29, 0.717) is 6.61 Å². The van der Waals surface area contributed by atoms with Crippen molar-refractivity contribution in [2.45, 2.75) is 46.2 Å². The van der Waals surface area contributed by atoms with Crippen LogP contribution in [0.25, 0.3) is 10.6 Å². The number of thiazole rings is 1. The smallest absolute Gasteiger partial charge is 0.123 e. The first-order chi connectivity index (χ1) is 12.9. The third-order valence-electron chi connectivity index (χ3n) is 4.27. The molecule has 142 valence electrons. The summed E-state index contributed by atoms with van der Waals surface area (Å²) in [6, 6.07) is 18.7. The Labute approximate surface area is 166 Å². The molecule has 1 N–H and O–H groups in total. The molecule has 1 heterocycles. The van der Waals surface area contributed by atoms with Gasteiger partial charge in [-0.3, -0.25) is 0 Å². The predicted molar refractivity (Wildman–Crippen MR) is 115 cm³/mol. The van der Waals surface area contributed by atoms with Crippen molar-refractivity contribution >= 4 is 11.3 Å². The molecule has 2 aromatic carbocycles. The molecule has 3 nitrogen and oxygen atoms in total. The highest BCUT2D eigenvalue weighted by molar-refractivity contribution is 7.15. The summed E-state index contributed by atoms with van der Waals surface area (Å²) in [6.07, 6.45) is 0.822. The molecule has 0 bridgehead atoms. The molecule has 0 saturated heterocycles. The molecule has 0 aliphatic heterocycles. The fourth-order valence-corrected chi connectivity index (χ4v) is 3.67. The van der Waals surface area contributed by atoms with Crippen molar-refractivity contribution in [3.05, 3.63) is 70.7 Å². The topological polar surface area (TPSA) is 34.1 Å². The second kappa shape index (κ2) is 8.68. The first-order valence-electron chi connectivity index (χ1n) is 9.39. The summed E-state index contributed by atoms with van der Waals surface area (Å²) < 4.78 is 5.92. The molecule has 0 unspecified atom stereocenters. The Morgan fingerprint density at radius 3 is 2.37 bits per heavy atom. The molecule has 0 spiro atoms. The molecule has 3 rings (SSSR count). The lowest BCUT2D eigenvalue weighted by Crippen LogP contribution is -2.35. The lowest BCUT2D eigenvalue weighted by Gasteiger charge is -2.20. The van der Waals surface area contributed by atoms with Crippen LogP contribution in [-0.4, -0.2) is 17.1 Å². The van der Waals surface area contributed by atoms with Gasteiger partial charge in [0.25, 0.3) is 0 Å². The SMILES string of the molecule is Cc1sc(-c2ccccc2)nc1CCOc1ccc(CNC(C)(C)C)cc1. The third kappa shape index (κ3) is 5.91. The maximum atomic E-state index is 5.92. The summed E-state index contributed by atoms with van der Waals surface area (Å²) in [4.78, 5) is 6.07. The molecule has 0 aliphatic rings. The largest absolute Gasteiger partial charge is 0.493 e. The normalized spacial score (nSPS) is 11.6. The Balaban J connectivity index is 1.52. The van der Waals surface area contributed by atoms with Gasteiger partial charge in [-0.2, -0.15) is 0 Å². The number of nitrogens with zero attached hydrogens (tertiary/aromatic N) is 1. The van der Waals surface area contributed by atoms with Crippen LogP contribution >= 0.6 is 11.3 Å². The fraction of sp³-hybridized carbons (Fsp3) is 0.348. The Morgan fingerprint density at radius 1 is 1.00 bits per heavy atom. The lowest BCUT2D eigenvalue weighted by atomic mass is 10.1. The van der Waals surface area contributed by atoms with Gasteiger partial charge in [-0.25, -0.2) is 4.98 Å². The van der Waals surface area contributed by atoms with Gasteiger partial charge < -0.3 is 10.1 Å². The van der Waals surface area contributed by atoms with Gasteiger partial charge in [0.2, 0.25) is 0 Å². The summed E-state index contributed by atoms with van der Waals surface area (Å²) in [7, 11) is 0. The van der Waals surface area contributed by atoms with Crippen LogP contribution < -0.4 is 10.1 Å². The van der Waals surface area contributed by atoms with E-state index in [2.05, 4.69) is 69.4 Å². The van der Waals surface area contributed by atoms with Crippen LogP contribution in [0.15, 0.2) is 54.6 Å². The highest BCUT2D eigenvalue weighted by atomic mass is 32.1. The number of hydrogen-bond acceptors (Lipinski definition) is 4. The number of ether oxygens (including phenoxy) is 1. The maximum Gasteiger partial charge on any atom is 0.123 e. The van der Waals surface area contributed by atoms with E-state index in [1.54, 1.807) is 11.3 Å². The van der Waals surface area contributed by atoms with Crippen molar-refractivity contribution in [3.8, 4) is 16.3 Å². The van der Waals surface area contributed by atoms with Gasteiger partial charge >= 0.3 is 0 Å². The summed E-state index contributed by atoms with van der Waals surface area (Å²) in [5.41, 5.74) is 3.70. The molecule has 27 heavy (non-hydrogen) atoms. The maximum absolute atomic E-state index is 5.92. The van der Waals surface area contributed by atoms with Crippen LogP contribution in [0.3, 0.4) is 0 Å². The zero-order chi connectivity index (χ0) is 19.3. The Kier molecular flexibility index (Phi) is 6.30. The van der Waals surface area contributed by atoms with Gasteiger partial charge in [-0.05, 0) is 45.4 Å². The average Bonchev–Trinajstić information content (AvgIpc) is 3.02. The first kappa shape index (κ1) is 19.6. The number of aromatic nitrogens is 1. The molecule has 0 radical (unpaired) electrons. The molecule has 0 saturated carbocycles. The summed E-state index contributed by atoms with van der Waals surface area (Å²) >= 11 is 1.75. The zero-order valence-corrected chi connectivity index (χ0v) is 17.4. The Bertz CT molecular complexity index is 848. The lowest BCUT2D eigenvalue weighted by molar-refractivity contribution is 0.320. The zero-order valence-electron chi connectivity index (χ0n) is 16.6. The molecular weight excluding hydrogens is 352 g/mol. The van der Waals surface area contributed by atoms with Gasteiger partial charge in [-0.15, -0.1) is 11.3 Å². The minimum atomic E-state index is 0.124. The Morgan fingerprint density at radius 2 is 1.70 bits per heavy atom. The van der Waals surface area contributed by atoms with Crippen molar-refractivity contribution in [2.75, 3.05) is 6.61 Å². The second-order valence-electron chi connectivity index (χ2n) is 7.73. The van der Waals surface area contributed by atoms with Gasteiger partial charge in [0.05, 0.1) is 12.3 Å². The molecular formula is C23H28N2OS. The summed E-state index contributed by atoms with van der Waals surface area (Å²) in [5.74, 6) is 0.908. The van der Waals surface area contributed by atoms with Crippen molar-refractivity contribution in [1.29, 1.82) is 0 Å². The van der Waals surface area contributed by atoms with Gasteiger partial charge in [0.1, 0.15) is 10.8 Å². The van der Waals surface area contributed by atoms with Gasteiger partial charge in [0.15, 0.2) is 0 Å². The molecule has 0 fully saturated rings. The predicted octanol–water partition coefficient (Wildman–Crippen LogP) is 5.63. The van der Waals surface area contributed by atoms with E-state index in [1.165, 1.54) is 16.0 Å². The number of hydrogen-bond donors (Lipinski definition) is 1. The number of nitrogens with one attached hydrogen (secondary N) is 1. The van der Waals surface area contributed by atoms with Crippen molar-refractivity contribution in [3.63, 3.8) is 0 Å². The summed E-state index contributed by atoms with van der Waals surface area (Å²) in [6.45, 7) is 10.2. The third-order valence-corrected chi connectivity index (χ3v) is 5.33. The van der Waals surface area contributed by atoms with E-state index < -0.39 is 0 Å². The highest BCUT2D eigenvalue weighted by Gasteiger charge is 2.10. The second-order valence-corrected chi connectivity index (χ2v) is 8.94. The van der Waals surface area contributed by atoms with Crippen LogP contribution in [0.2, 0.25) is 0 Å². The highest BCUT2D eigenvalue weighted by Crippen LogP contribution is 2.27. The molecule has 0 aliphatic carbocycles. The minimum Gasteiger partial charge on any atom is -0.493 e. The average molecular weight is 381 g/mol. The van der Waals surface area contributed by atoms with E-state index in [0.717, 1.165) is 29.4 Å². The van der Waals surface area contributed by atoms with Gasteiger partial charge in [-0.1, -0.05) is 42.5 Å². The number of benzene rings is 2.